The van der Waals surface area contributed by atoms with Crippen molar-refractivity contribution in [2.45, 2.75) is 36.6 Å². The number of sulfonamides is 1. The number of hydrogen-bond acceptors (Lipinski definition) is 7. The lowest BCUT2D eigenvalue weighted by atomic mass is 10.2. The minimum Gasteiger partial charge on any atom is -0.454 e. The molecule has 1 atom stereocenters. The van der Waals surface area contributed by atoms with Gasteiger partial charge < -0.3 is 14.0 Å². The van der Waals surface area contributed by atoms with Gasteiger partial charge in [-0.3, -0.25) is 4.79 Å². The van der Waals surface area contributed by atoms with Crippen LogP contribution in [0.2, 0.25) is 4.34 Å². The van der Waals surface area contributed by atoms with Gasteiger partial charge in [-0.05, 0) is 31.9 Å². The van der Waals surface area contributed by atoms with Gasteiger partial charge in [0.2, 0.25) is 6.79 Å². The molecule has 1 saturated heterocycles. The molecule has 8 nitrogen and oxygen atoms in total. The number of carbonyl (C=O) groups is 1. The van der Waals surface area contributed by atoms with Gasteiger partial charge in [0.05, 0.1) is 14.6 Å². The second-order valence-corrected chi connectivity index (χ2v) is 11.9. The third kappa shape index (κ3) is 3.58. The molecule has 1 fully saturated rings. The third-order valence-corrected chi connectivity index (χ3v) is 9.95. The van der Waals surface area contributed by atoms with Crippen molar-refractivity contribution >= 4 is 60.4 Å². The molecule has 12 heteroatoms. The zero-order valence-electron chi connectivity index (χ0n) is 16.4. The molecule has 3 aromatic rings. The van der Waals surface area contributed by atoms with E-state index < -0.39 is 22.0 Å². The monoisotopic (exact) mass is 499 g/mol. The van der Waals surface area contributed by atoms with Crippen LogP contribution in [-0.4, -0.2) is 42.6 Å². The molecule has 2 aromatic heterocycles. The Kier molecular flexibility index (Phi) is 5.33. The van der Waals surface area contributed by atoms with Crippen LogP contribution in [0.4, 0.5) is 0 Å². The fourth-order valence-electron chi connectivity index (χ4n) is 3.85. The van der Waals surface area contributed by atoms with E-state index in [-0.39, 0.29) is 17.5 Å². The van der Waals surface area contributed by atoms with Crippen molar-refractivity contribution in [1.82, 2.24) is 8.87 Å². The van der Waals surface area contributed by atoms with Crippen LogP contribution >= 0.6 is 34.3 Å². The summed E-state index contributed by atoms with van der Waals surface area (Å²) in [5, 5.41) is 0. The number of rotatable bonds is 4. The van der Waals surface area contributed by atoms with Gasteiger partial charge in [-0.2, -0.15) is 9.30 Å². The van der Waals surface area contributed by atoms with E-state index in [0.717, 1.165) is 21.6 Å². The summed E-state index contributed by atoms with van der Waals surface area (Å²) in [6.07, 6.45) is 1.04. The Morgan fingerprint density at radius 3 is 2.74 bits per heavy atom. The number of aryl methyl sites for hydroxylation is 1. The molecule has 5 rings (SSSR count). The van der Waals surface area contributed by atoms with E-state index in [4.69, 9.17) is 21.1 Å². The summed E-state index contributed by atoms with van der Waals surface area (Å²) >= 11 is 8.27. The van der Waals surface area contributed by atoms with E-state index in [1.807, 2.05) is 23.6 Å². The number of nitrogens with zero attached hydrogens (tertiary/aromatic N) is 3. The molecule has 31 heavy (non-hydrogen) atoms. The number of aromatic nitrogens is 1. The molecule has 2 aliphatic rings. The van der Waals surface area contributed by atoms with Crippen molar-refractivity contribution in [2.24, 2.45) is 4.99 Å². The van der Waals surface area contributed by atoms with E-state index in [2.05, 4.69) is 4.99 Å². The number of hydrogen-bond donors (Lipinski definition) is 0. The van der Waals surface area contributed by atoms with E-state index in [9.17, 15) is 13.2 Å². The molecule has 0 aliphatic carbocycles. The SMILES string of the molecule is CCn1c(=NC(=O)C2CCCN2S(=O)(=O)c2ccc(Cl)s2)sc2cc3c(cc21)OCO3. The fourth-order valence-corrected chi connectivity index (χ4v) is 8.22. The molecule has 0 N–H and O–H groups in total. The number of thiazole rings is 1. The summed E-state index contributed by atoms with van der Waals surface area (Å²) in [7, 11) is -3.80. The Morgan fingerprint density at radius 2 is 2.03 bits per heavy atom. The van der Waals surface area contributed by atoms with Crippen molar-refractivity contribution < 1.29 is 22.7 Å². The summed E-state index contributed by atoms with van der Waals surface area (Å²) < 4.78 is 41.6. The summed E-state index contributed by atoms with van der Waals surface area (Å²) in [4.78, 5) is 18.0. The van der Waals surface area contributed by atoms with Crippen LogP contribution in [0.1, 0.15) is 19.8 Å². The molecule has 0 saturated carbocycles. The van der Waals surface area contributed by atoms with E-state index in [1.54, 1.807) is 6.07 Å². The van der Waals surface area contributed by atoms with Crippen molar-refractivity contribution in [1.29, 1.82) is 0 Å². The van der Waals surface area contributed by atoms with Crippen molar-refractivity contribution in [2.75, 3.05) is 13.3 Å². The number of ether oxygens (including phenoxy) is 2. The van der Waals surface area contributed by atoms with Crippen molar-refractivity contribution in [3.63, 3.8) is 0 Å². The quantitative estimate of drug-likeness (QED) is 0.548. The molecule has 0 bridgehead atoms. The zero-order valence-corrected chi connectivity index (χ0v) is 19.6. The van der Waals surface area contributed by atoms with Gasteiger partial charge in [-0.1, -0.05) is 22.9 Å². The predicted octanol–water partition coefficient (Wildman–Crippen LogP) is 3.45. The Hall–Kier alpha value is -1.92. The second kappa shape index (κ2) is 7.89. The minimum absolute atomic E-state index is 0.136. The highest BCUT2D eigenvalue weighted by molar-refractivity contribution is 7.91. The van der Waals surface area contributed by atoms with Crippen molar-refractivity contribution in [3.05, 3.63) is 33.4 Å². The molecule has 0 spiro atoms. The Labute approximate surface area is 191 Å². The minimum atomic E-state index is -3.80. The van der Waals surface area contributed by atoms with Crippen LogP contribution in [0.5, 0.6) is 11.5 Å². The first kappa shape index (κ1) is 21.0. The van der Waals surface area contributed by atoms with E-state index in [0.29, 0.717) is 40.0 Å². The molecule has 1 amide bonds. The average Bonchev–Trinajstić information content (AvgIpc) is 3.51. The lowest BCUT2D eigenvalue weighted by Gasteiger charge is -2.20. The third-order valence-electron chi connectivity index (χ3n) is 5.30. The summed E-state index contributed by atoms with van der Waals surface area (Å²) in [6.45, 7) is 3.04. The summed E-state index contributed by atoms with van der Waals surface area (Å²) in [5.41, 5.74) is 0.896. The number of benzene rings is 1. The number of fused-ring (bicyclic) bond motifs is 2. The van der Waals surface area contributed by atoms with Gasteiger partial charge in [0.25, 0.3) is 15.9 Å². The Morgan fingerprint density at radius 1 is 1.26 bits per heavy atom. The van der Waals surface area contributed by atoms with E-state index in [1.165, 1.54) is 21.7 Å². The van der Waals surface area contributed by atoms with Gasteiger partial charge >= 0.3 is 0 Å². The predicted molar refractivity (Wildman–Crippen MR) is 118 cm³/mol. The standard InChI is InChI=1S/C19H18ClN3O5S3/c1-2-22-12-8-13-14(28-10-27-13)9-15(12)29-19(22)21-18(24)11-4-3-7-23(11)31(25,26)17-6-5-16(20)30-17/h5-6,8-9,11H,2-4,7,10H2,1H3. The summed E-state index contributed by atoms with van der Waals surface area (Å²) in [5.74, 6) is 0.864. The molecule has 164 valence electrons. The number of thiophene rings is 1. The first-order valence-corrected chi connectivity index (χ1v) is 13.1. The van der Waals surface area contributed by atoms with Gasteiger partial charge in [0.1, 0.15) is 10.3 Å². The Bertz CT molecular complexity index is 1360. The van der Waals surface area contributed by atoms with Gasteiger partial charge in [0.15, 0.2) is 16.3 Å². The van der Waals surface area contributed by atoms with Crippen LogP contribution in [0, 0.1) is 0 Å². The first-order valence-electron chi connectivity index (χ1n) is 9.67. The topological polar surface area (TPSA) is 90.2 Å². The van der Waals surface area contributed by atoms with Crippen LogP contribution in [0.25, 0.3) is 10.2 Å². The molecule has 1 aromatic carbocycles. The van der Waals surface area contributed by atoms with Gasteiger partial charge in [-0.15, -0.1) is 11.3 Å². The lowest BCUT2D eigenvalue weighted by molar-refractivity contribution is -0.121. The highest BCUT2D eigenvalue weighted by Gasteiger charge is 2.40. The number of amides is 1. The van der Waals surface area contributed by atoms with Crippen LogP contribution in [0.3, 0.4) is 0 Å². The molecule has 4 heterocycles. The fraction of sp³-hybridized carbons (Fsp3) is 0.368. The van der Waals surface area contributed by atoms with Crippen LogP contribution in [0.15, 0.2) is 33.5 Å². The average molecular weight is 500 g/mol. The number of carbonyl (C=O) groups excluding carboxylic acids is 1. The first-order chi connectivity index (χ1) is 14.9. The van der Waals surface area contributed by atoms with Gasteiger partial charge in [0, 0.05) is 25.2 Å². The molecule has 0 radical (unpaired) electrons. The van der Waals surface area contributed by atoms with Crippen molar-refractivity contribution in [3.8, 4) is 11.5 Å². The molecule has 1 unspecified atom stereocenters. The maximum absolute atomic E-state index is 13.1. The second-order valence-electron chi connectivity index (χ2n) is 7.08. The summed E-state index contributed by atoms with van der Waals surface area (Å²) in [6, 6.07) is 5.96. The molecule has 2 aliphatic heterocycles. The lowest BCUT2D eigenvalue weighted by Crippen LogP contribution is -2.40. The van der Waals surface area contributed by atoms with Gasteiger partial charge in [-0.25, -0.2) is 8.42 Å². The molecular weight excluding hydrogens is 482 g/mol. The van der Waals surface area contributed by atoms with Crippen LogP contribution in [-0.2, 0) is 21.4 Å². The van der Waals surface area contributed by atoms with Crippen LogP contribution < -0.4 is 14.3 Å². The maximum atomic E-state index is 13.1. The number of halogens is 1. The van der Waals surface area contributed by atoms with E-state index >= 15 is 0 Å². The maximum Gasteiger partial charge on any atom is 0.266 e. The molecular formula is C19H18ClN3O5S3. The zero-order chi connectivity index (χ0) is 21.8. The highest BCUT2D eigenvalue weighted by atomic mass is 35.5. The normalized spacial score (nSPS) is 19.5. The largest absolute Gasteiger partial charge is 0.454 e. The smallest absolute Gasteiger partial charge is 0.266 e. The highest BCUT2D eigenvalue weighted by Crippen LogP contribution is 2.37. The Balaban J connectivity index is 1.52.